The van der Waals surface area contributed by atoms with E-state index in [0.717, 1.165) is 50.2 Å². The van der Waals surface area contributed by atoms with Gasteiger partial charge in [-0.3, -0.25) is 4.79 Å². The Morgan fingerprint density at radius 1 is 0.972 bits per heavy atom. The first kappa shape index (κ1) is 24.0. The van der Waals surface area contributed by atoms with Crippen molar-refractivity contribution in [3.8, 4) is 11.3 Å². The van der Waals surface area contributed by atoms with Crippen molar-refractivity contribution in [2.75, 3.05) is 19.7 Å². The summed E-state index contributed by atoms with van der Waals surface area (Å²) in [5.74, 6) is 1.94. The van der Waals surface area contributed by atoms with Gasteiger partial charge >= 0.3 is 0 Å². The van der Waals surface area contributed by atoms with Crippen molar-refractivity contribution in [3.05, 3.63) is 96.5 Å². The van der Waals surface area contributed by atoms with Gasteiger partial charge in [0.15, 0.2) is 17.8 Å². The number of hydrogen-bond donors (Lipinski definition) is 0. The number of oxazole rings is 1. The molecular formula is C29H32N4O3. The maximum Gasteiger partial charge on any atom is 0.276 e. The first-order valence-corrected chi connectivity index (χ1v) is 12.7. The van der Waals surface area contributed by atoms with Crippen LogP contribution in [0.2, 0.25) is 0 Å². The van der Waals surface area contributed by atoms with Crippen LogP contribution in [0.4, 0.5) is 0 Å². The van der Waals surface area contributed by atoms with Crippen LogP contribution >= 0.6 is 0 Å². The number of likely N-dealkylation sites (tertiary alicyclic amines) is 1. The van der Waals surface area contributed by atoms with Crippen LogP contribution in [-0.2, 0) is 17.9 Å². The van der Waals surface area contributed by atoms with Crippen LogP contribution in [0.3, 0.4) is 0 Å². The van der Waals surface area contributed by atoms with Crippen LogP contribution in [-0.4, -0.2) is 45.0 Å². The zero-order valence-electron chi connectivity index (χ0n) is 20.5. The molecule has 2 aromatic heterocycles. The molecular weight excluding hydrogens is 452 g/mol. The van der Waals surface area contributed by atoms with Crippen molar-refractivity contribution in [2.24, 2.45) is 0 Å². The fourth-order valence-corrected chi connectivity index (χ4v) is 4.80. The maximum atomic E-state index is 13.2. The van der Waals surface area contributed by atoms with Crippen LogP contribution in [0.1, 0.15) is 53.5 Å². The number of aryl methyl sites for hydroxylation is 1. The summed E-state index contributed by atoms with van der Waals surface area (Å²) in [4.78, 5) is 24.0. The van der Waals surface area contributed by atoms with Gasteiger partial charge in [0.2, 0.25) is 0 Å². The van der Waals surface area contributed by atoms with E-state index in [2.05, 4.69) is 32.9 Å². The number of nitrogens with zero attached hydrogens (tertiary/aromatic N) is 4. The number of hydrogen-bond acceptors (Lipinski definition) is 5. The van der Waals surface area contributed by atoms with E-state index in [-0.39, 0.29) is 5.91 Å². The Morgan fingerprint density at radius 2 is 1.72 bits per heavy atom. The summed E-state index contributed by atoms with van der Waals surface area (Å²) in [6, 6.07) is 19.9. The Kier molecular flexibility index (Phi) is 7.88. The Bertz CT molecular complexity index is 1230. The topological polar surface area (TPSA) is 73.4 Å². The lowest BCUT2D eigenvalue weighted by atomic mass is 9.95. The summed E-state index contributed by atoms with van der Waals surface area (Å²) in [5.41, 5.74) is 2.45. The molecule has 0 unspecified atom stereocenters. The van der Waals surface area contributed by atoms with Gasteiger partial charge < -0.3 is 18.6 Å². The number of benzene rings is 2. The highest BCUT2D eigenvalue weighted by Crippen LogP contribution is 2.30. The zero-order chi connectivity index (χ0) is 24.6. The highest BCUT2D eigenvalue weighted by atomic mass is 16.5. The lowest BCUT2D eigenvalue weighted by Crippen LogP contribution is -2.38. The molecule has 1 aliphatic rings. The summed E-state index contributed by atoms with van der Waals surface area (Å²) in [6.07, 6.45) is 9.15. The predicted molar refractivity (Wildman–Crippen MR) is 137 cm³/mol. The lowest BCUT2D eigenvalue weighted by Gasteiger charge is -2.31. The van der Waals surface area contributed by atoms with E-state index in [1.807, 2.05) is 59.6 Å². The molecule has 4 aromatic rings. The molecule has 0 radical (unpaired) electrons. The number of aromatic nitrogens is 3. The Labute approximate surface area is 211 Å². The molecule has 0 atom stereocenters. The van der Waals surface area contributed by atoms with Crippen molar-refractivity contribution in [2.45, 2.75) is 44.8 Å². The molecule has 36 heavy (non-hydrogen) atoms. The average molecular weight is 485 g/mol. The SMILES string of the molecule is O=C(c1ncoc1-c1ccccc1)N1CCC(c2nccn2CCCCOCc2ccccc2)CC1. The van der Waals surface area contributed by atoms with E-state index in [9.17, 15) is 4.79 Å². The molecule has 0 saturated carbocycles. The summed E-state index contributed by atoms with van der Waals surface area (Å²) in [7, 11) is 0. The summed E-state index contributed by atoms with van der Waals surface area (Å²) in [5, 5.41) is 0. The van der Waals surface area contributed by atoms with Gasteiger partial charge in [0, 0.05) is 50.1 Å². The van der Waals surface area contributed by atoms with E-state index < -0.39 is 0 Å². The molecule has 0 aliphatic carbocycles. The summed E-state index contributed by atoms with van der Waals surface area (Å²) in [6.45, 7) is 3.72. The van der Waals surface area contributed by atoms with E-state index in [1.54, 1.807) is 0 Å². The highest BCUT2D eigenvalue weighted by Gasteiger charge is 2.29. The van der Waals surface area contributed by atoms with Gasteiger partial charge in [-0.1, -0.05) is 60.7 Å². The van der Waals surface area contributed by atoms with Gasteiger partial charge in [0.05, 0.1) is 6.61 Å². The van der Waals surface area contributed by atoms with Gasteiger partial charge in [-0.2, -0.15) is 0 Å². The third kappa shape index (κ3) is 5.74. The van der Waals surface area contributed by atoms with Gasteiger partial charge in [-0.05, 0) is 31.2 Å². The van der Waals surface area contributed by atoms with Crippen molar-refractivity contribution in [3.63, 3.8) is 0 Å². The van der Waals surface area contributed by atoms with Crippen LogP contribution in [0.5, 0.6) is 0 Å². The van der Waals surface area contributed by atoms with E-state index in [0.29, 0.717) is 37.1 Å². The van der Waals surface area contributed by atoms with Crippen molar-refractivity contribution in [1.82, 2.24) is 19.4 Å². The first-order chi connectivity index (χ1) is 17.8. The molecule has 1 amide bonds. The average Bonchev–Trinajstić information content (AvgIpc) is 3.62. The second-order valence-electron chi connectivity index (χ2n) is 9.19. The molecule has 1 fully saturated rings. The summed E-state index contributed by atoms with van der Waals surface area (Å²) >= 11 is 0. The third-order valence-corrected chi connectivity index (χ3v) is 6.75. The number of rotatable bonds is 10. The number of ether oxygens (including phenoxy) is 1. The van der Waals surface area contributed by atoms with E-state index >= 15 is 0 Å². The van der Waals surface area contributed by atoms with E-state index in [1.165, 1.54) is 12.0 Å². The Hall–Kier alpha value is -3.71. The molecule has 1 saturated heterocycles. The molecule has 0 bridgehead atoms. The quantitative estimate of drug-likeness (QED) is 0.276. The van der Waals surface area contributed by atoms with Gasteiger partial charge in [0.25, 0.3) is 5.91 Å². The minimum Gasteiger partial charge on any atom is -0.443 e. The summed E-state index contributed by atoms with van der Waals surface area (Å²) < 4.78 is 13.6. The number of piperidine rings is 1. The van der Waals surface area contributed by atoms with Crippen LogP contribution in [0.25, 0.3) is 11.3 Å². The number of carbonyl (C=O) groups excluding carboxylic acids is 1. The Balaban J connectivity index is 1.09. The molecule has 0 spiro atoms. The Morgan fingerprint density at radius 3 is 2.50 bits per heavy atom. The normalized spacial score (nSPS) is 14.3. The van der Waals surface area contributed by atoms with Crippen LogP contribution < -0.4 is 0 Å². The minimum absolute atomic E-state index is 0.0695. The van der Waals surface area contributed by atoms with Crippen LogP contribution in [0, 0.1) is 0 Å². The number of imidazole rings is 1. The largest absolute Gasteiger partial charge is 0.443 e. The monoisotopic (exact) mass is 484 g/mol. The fraction of sp³-hybridized carbons (Fsp3) is 0.345. The molecule has 186 valence electrons. The zero-order valence-corrected chi connectivity index (χ0v) is 20.5. The molecule has 3 heterocycles. The minimum atomic E-state index is -0.0695. The molecule has 0 N–H and O–H groups in total. The molecule has 7 heteroatoms. The van der Waals surface area contributed by atoms with Gasteiger partial charge in [-0.15, -0.1) is 0 Å². The number of amides is 1. The van der Waals surface area contributed by atoms with Gasteiger partial charge in [-0.25, -0.2) is 9.97 Å². The van der Waals surface area contributed by atoms with Crippen molar-refractivity contribution < 1.29 is 13.9 Å². The van der Waals surface area contributed by atoms with Crippen LogP contribution in [0.15, 0.2) is 83.9 Å². The number of carbonyl (C=O) groups is 1. The third-order valence-electron chi connectivity index (χ3n) is 6.75. The second kappa shape index (κ2) is 11.8. The molecule has 2 aromatic carbocycles. The van der Waals surface area contributed by atoms with Crippen molar-refractivity contribution >= 4 is 5.91 Å². The second-order valence-corrected chi connectivity index (χ2v) is 9.19. The molecule has 1 aliphatic heterocycles. The van der Waals surface area contributed by atoms with E-state index in [4.69, 9.17) is 9.15 Å². The molecule has 5 rings (SSSR count). The highest BCUT2D eigenvalue weighted by molar-refractivity contribution is 5.97. The molecule has 7 nitrogen and oxygen atoms in total. The smallest absolute Gasteiger partial charge is 0.276 e. The predicted octanol–water partition coefficient (Wildman–Crippen LogP) is 5.55. The first-order valence-electron chi connectivity index (χ1n) is 12.7. The number of unbranched alkanes of at least 4 members (excludes halogenated alkanes) is 1. The maximum absolute atomic E-state index is 13.2. The van der Waals surface area contributed by atoms with Gasteiger partial charge in [0.1, 0.15) is 5.82 Å². The fourth-order valence-electron chi connectivity index (χ4n) is 4.80. The standard InChI is InChI=1S/C29H32N4O3/c34-29(26-27(36-22-31-26)24-11-5-2-6-12-24)33-17-13-25(14-18-33)28-30-15-19-32(28)16-7-8-20-35-21-23-9-3-1-4-10-23/h1-6,9-12,15,19,22,25H,7-8,13-14,16-18,20-21H2. The lowest BCUT2D eigenvalue weighted by molar-refractivity contribution is 0.0705. The van der Waals surface area contributed by atoms with Crippen molar-refractivity contribution in [1.29, 1.82) is 0 Å².